The zero-order valence-electron chi connectivity index (χ0n) is 17.8. The van der Waals surface area contributed by atoms with Gasteiger partial charge in [0.25, 0.3) is 0 Å². The maximum atomic E-state index is 12.5. The van der Waals surface area contributed by atoms with Gasteiger partial charge in [-0.2, -0.15) is 8.78 Å². The molecule has 0 saturated heterocycles. The van der Waals surface area contributed by atoms with Crippen molar-refractivity contribution >= 4 is 12.0 Å². The van der Waals surface area contributed by atoms with Gasteiger partial charge < -0.3 is 24.3 Å². The van der Waals surface area contributed by atoms with Crippen molar-refractivity contribution in [2.75, 3.05) is 26.9 Å². The highest BCUT2D eigenvalue weighted by molar-refractivity contribution is 5.91. The van der Waals surface area contributed by atoms with E-state index in [4.69, 9.17) is 14.2 Å². The molecule has 0 fully saturated rings. The Morgan fingerprint density at radius 1 is 1.00 bits per heavy atom. The summed E-state index contributed by atoms with van der Waals surface area (Å²) < 4.78 is 45.6. The lowest BCUT2D eigenvalue weighted by molar-refractivity contribution is -0.116. The Labute approximate surface area is 180 Å². The van der Waals surface area contributed by atoms with Gasteiger partial charge in [-0.3, -0.25) is 4.79 Å². The van der Waals surface area contributed by atoms with Gasteiger partial charge in [0.05, 0.1) is 20.3 Å². The number of nitrogens with one attached hydrogen (secondary N) is 1. The highest BCUT2D eigenvalue weighted by Crippen LogP contribution is 2.30. The highest BCUT2D eigenvalue weighted by Gasteiger charge is 2.11. The topological polar surface area (TPSA) is 66.0 Å². The SMILES string of the molecule is CCOc1ccc(/C=C/C(=O)NCCc2ccc(OC)c(OC(F)F)c2)cc1OCC. The molecule has 1 amide bonds. The van der Waals surface area contributed by atoms with Crippen LogP contribution in [0, 0.1) is 0 Å². The van der Waals surface area contributed by atoms with Crippen LogP contribution in [0.4, 0.5) is 8.78 Å². The molecular formula is C23H27F2NO5. The maximum Gasteiger partial charge on any atom is 0.387 e. The van der Waals surface area contributed by atoms with E-state index in [-0.39, 0.29) is 17.4 Å². The molecule has 0 aliphatic heterocycles. The van der Waals surface area contributed by atoms with E-state index in [0.717, 1.165) is 11.1 Å². The minimum atomic E-state index is -2.94. The van der Waals surface area contributed by atoms with E-state index < -0.39 is 6.61 Å². The first-order valence-electron chi connectivity index (χ1n) is 9.94. The fourth-order valence-corrected chi connectivity index (χ4v) is 2.80. The summed E-state index contributed by atoms with van der Waals surface area (Å²) in [6.45, 7) is 2.20. The Kier molecular flexibility index (Phi) is 9.61. The number of rotatable bonds is 12. The van der Waals surface area contributed by atoms with Gasteiger partial charge in [-0.25, -0.2) is 0 Å². The van der Waals surface area contributed by atoms with Gasteiger partial charge in [0.1, 0.15) is 0 Å². The van der Waals surface area contributed by atoms with E-state index >= 15 is 0 Å². The third-order valence-corrected chi connectivity index (χ3v) is 4.15. The van der Waals surface area contributed by atoms with Crippen molar-refractivity contribution in [2.45, 2.75) is 26.9 Å². The zero-order chi connectivity index (χ0) is 22.6. The molecule has 31 heavy (non-hydrogen) atoms. The van der Waals surface area contributed by atoms with Gasteiger partial charge in [0.2, 0.25) is 5.91 Å². The van der Waals surface area contributed by atoms with Crippen molar-refractivity contribution in [2.24, 2.45) is 0 Å². The van der Waals surface area contributed by atoms with Crippen LogP contribution in [-0.2, 0) is 11.2 Å². The van der Waals surface area contributed by atoms with E-state index in [1.54, 1.807) is 30.3 Å². The number of amides is 1. The predicted octanol–water partition coefficient (Wildman–Crippen LogP) is 4.47. The van der Waals surface area contributed by atoms with Crippen LogP contribution in [-0.4, -0.2) is 39.4 Å². The second-order valence-electron chi connectivity index (χ2n) is 6.31. The Morgan fingerprint density at radius 3 is 2.39 bits per heavy atom. The second-order valence-corrected chi connectivity index (χ2v) is 6.31. The fourth-order valence-electron chi connectivity index (χ4n) is 2.80. The van der Waals surface area contributed by atoms with Gasteiger partial charge in [0.15, 0.2) is 23.0 Å². The second kappa shape index (κ2) is 12.4. The van der Waals surface area contributed by atoms with Crippen molar-refractivity contribution < 1.29 is 32.5 Å². The van der Waals surface area contributed by atoms with Crippen LogP contribution in [0.3, 0.4) is 0 Å². The summed E-state index contributed by atoms with van der Waals surface area (Å²) in [6.07, 6.45) is 3.54. The van der Waals surface area contributed by atoms with Crippen molar-refractivity contribution in [3.05, 3.63) is 53.6 Å². The van der Waals surface area contributed by atoms with Crippen LogP contribution < -0.4 is 24.3 Å². The number of benzene rings is 2. The number of methoxy groups -OCH3 is 1. The first-order chi connectivity index (χ1) is 15.0. The molecule has 8 heteroatoms. The minimum absolute atomic E-state index is 0.0400. The number of halogens is 2. The van der Waals surface area contributed by atoms with Crippen LogP contribution in [0.1, 0.15) is 25.0 Å². The van der Waals surface area contributed by atoms with Crippen molar-refractivity contribution in [1.29, 1.82) is 0 Å². The molecule has 2 aromatic rings. The fraction of sp³-hybridized carbons (Fsp3) is 0.348. The lowest BCUT2D eigenvalue weighted by Gasteiger charge is -2.12. The molecule has 0 atom stereocenters. The first kappa shape index (κ1) is 24.0. The average molecular weight is 435 g/mol. The molecule has 0 saturated carbocycles. The van der Waals surface area contributed by atoms with Gasteiger partial charge in [-0.15, -0.1) is 0 Å². The summed E-state index contributed by atoms with van der Waals surface area (Å²) in [7, 11) is 1.38. The molecular weight excluding hydrogens is 408 g/mol. The molecule has 0 unspecified atom stereocenters. The van der Waals surface area contributed by atoms with Gasteiger partial charge >= 0.3 is 6.61 Å². The molecule has 0 aromatic heterocycles. The van der Waals surface area contributed by atoms with Gasteiger partial charge in [0, 0.05) is 12.6 Å². The van der Waals surface area contributed by atoms with E-state index in [1.165, 1.54) is 19.3 Å². The summed E-state index contributed by atoms with van der Waals surface area (Å²) >= 11 is 0. The Morgan fingerprint density at radius 2 is 1.71 bits per heavy atom. The first-order valence-corrected chi connectivity index (χ1v) is 9.94. The number of hydrogen-bond acceptors (Lipinski definition) is 5. The van der Waals surface area contributed by atoms with Crippen LogP contribution in [0.2, 0.25) is 0 Å². The van der Waals surface area contributed by atoms with Crippen molar-refractivity contribution in [3.63, 3.8) is 0 Å². The van der Waals surface area contributed by atoms with Crippen LogP contribution in [0.25, 0.3) is 6.08 Å². The summed E-state index contributed by atoms with van der Waals surface area (Å²) in [6, 6.07) is 10.2. The maximum absolute atomic E-state index is 12.5. The summed E-state index contributed by atoms with van der Waals surface area (Å²) in [5.74, 6) is 1.18. The highest BCUT2D eigenvalue weighted by atomic mass is 19.3. The molecule has 2 aromatic carbocycles. The summed E-state index contributed by atoms with van der Waals surface area (Å²) in [5.41, 5.74) is 1.53. The predicted molar refractivity (Wildman–Crippen MR) is 114 cm³/mol. The normalized spacial score (nSPS) is 10.9. The van der Waals surface area contributed by atoms with E-state index in [2.05, 4.69) is 10.1 Å². The van der Waals surface area contributed by atoms with Crippen LogP contribution >= 0.6 is 0 Å². The molecule has 0 heterocycles. The van der Waals surface area contributed by atoms with Crippen molar-refractivity contribution in [1.82, 2.24) is 5.32 Å². The molecule has 2 rings (SSSR count). The molecule has 0 aliphatic carbocycles. The molecule has 1 N–H and O–H groups in total. The Balaban J connectivity index is 1.92. The van der Waals surface area contributed by atoms with Gasteiger partial charge in [-0.1, -0.05) is 12.1 Å². The third-order valence-electron chi connectivity index (χ3n) is 4.15. The lowest BCUT2D eigenvalue weighted by Crippen LogP contribution is -2.23. The summed E-state index contributed by atoms with van der Waals surface area (Å²) in [5, 5.41) is 2.76. The summed E-state index contributed by atoms with van der Waals surface area (Å²) in [4.78, 5) is 12.1. The van der Waals surface area contributed by atoms with Crippen LogP contribution in [0.15, 0.2) is 42.5 Å². The van der Waals surface area contributed by atoms with E-state index in [9.17, 15) is 13.6 Å². The third kappa shape index (κ3) is 7.81. The van der Waals surface area contributed by atoms with Gasteiger partial charge in [-0.05, 0) is 61.7 Å². The van der Waals surface area contributed by atoms with E-state index in [0.29, 0.717) is 37.7 Å². The average Bonchev–Trinajstić information content (AvgIpc) is 2.74. The smallest absolute Gasteiger partial charge is 0.387 e. The molecule has 0 spiro atoms. The van der Waals surface area contributed by atoms with Crippen molar-refractivity contribution in [3.8, 4) is 23.0 Å². The number of ether oxygens (including phenoxy) is 4. The molecule has 0 bridgehead atoms. The molecule has 0 aliphatic rings. The number of hydrogen-bond donors (Lipinski definition) is 1. The van der Waals surface area contributed by atoms with E-state index in [1.807, 2.05) is 19.9 Å². The molecule has 0 radical (unpaired) electrons. The monoisotopic (exact) mass is 435 g/mol. The standard InChI is InChI=1S/C23H27F2NO5/c1-4-29-19-10-7-16(14-20(19)30-5-2)8-11-22(27)26-13-12-17-6-9-18(28-3)21(15-17)31-23(24)25/h6-11,14-15,23H,4-5,12-13H2,1-3H3,(H,26,27)/b11-8+. The number of carbonyl (C=O) groups excluding carboxylic acids is 1. The quantitative estimate of drug-likeness (QED) is 0.499. The molecule has 168 valence electrons. The lowest BCUT2D eigenvalue weighted by atomic mass is 10.1. The molecule has 6 nitrogen and oxygen atoms in total. The largest absolute Gasteiger partial charge is 0.493 e. The Hall–Kier alpha value is -3.29. The zero-order valence-corrected chi connectivity index (χ0v) is 17.8. The number of alkyl halides is 2. The number of carbonyl (C=O) groups is 1. The minimum Gasteiger partial charge on any atom is -0.493 e. The van der Waals surface area contributed by atoms with Crippen LogP contribution in [0.5, 0.6) is 23.0 Å². The Bertz CT molecular complexity index is 886.